The third-order valence-corrected chi connectivity index (χ3v) is 5.16. The first kappa shape index (κ1) is 18.8. The van der Waals surface area contributed by atoms with E-state index in [1.807, 2.05) is 30.3 Å². The zero-order valence-electron chi connectivity index (χ0n) is 16.3. The number of fused-ring (bicyclic) bond motifs is 1. The van der Waals surface area contributed by atoms with Crippen molar-refractivity contribution in [2.75, 3.05) is 19.3 Å². The van der Waals surface area contributed by atoms with Gasteiger partial charge in [-0.1, -0.05) is 30.9 Å². The zero-order valence-corrected chi connectivity index (χ0v) is 16.3. The van der Waals surface area contributed by atoms with Crippen LogP contribution in [0.15, 0.2) is 36.7 Å². The highest BCUT2D eigenvalue weighted by Crippen LogP contribution is 2.27. The largest absolute Gasteiger partial charge is 0.382 e. The summed E-state index contributed by atoms with van der Waals surface area (Å²) >= 11 is 0. The maximum Gasteiger partial charge on any atom is 0.267 e. The number of benzene rings is 1. The number of aliphatic hydroxyl groups is 1. The van der Waals surface area contributed by atoms with Gasteiger partial charge in [-0.15, -0.1) is 0 Å². The van der Waals surface area contributed by atoms with Gasteiger partial charge < -0.3 is 15.7 Å². The highest BCUT2D eigenvalue weighted by Gasteiger charge is 2.42. The molecule has 7 nitrogen and oxygen atoms in total. The van der Waals surface area contributed by atoms with Gasteiger partial charge in [0.2, 0.25) is 5.60 Å². The van der Waals surface area contributed by atoms with E-state index in [4.69, 9.17) is 5.73 Å². The molecule has 3 heterocycles. The number of hydrogen-bond acceptors (Lipinski definition) is 6. The summed E-state index contributed by atoms with van der Waals surface area (Å²) in [6.07, 6.45) is 2.53. The zero-order chi connectivity index (χ0) is 20.6. The minimum atomic E-state index is -1.62. The van der Waals surface area contributed by atoms with Crippen LogP contribution in [-0.4, -0.2) is 50.1 Å². The van der Waals surface area contributed by atoms with Gasteiger partial charge in [0.25, 0.3) is 5.91 Å². The number of amides is 1. The summed E-state index contributed by atoms with van der Waals surface area (Å²) in [6, 6.07) is 9.51. The summed E-state index contributed by atoms with van der Waals surface area (Å²) in [5.41, 5.74) is 9.05. The second-order valence-electron chi connectivity index (χ2n) is 7.14. The molecule has 1 aliphatic rings. The molecule has 1 aromatic carbocycles. The van der Waals surface area contributed by atoms with Crippen LogP contribution in [0.3, 0.4) is 0 Å². The van der Waals surface area contributed by atoms with Crippen LogP contribution in [-0.2, 0) is 11.2 Å². The summed E-state index contributed by atoms with van der Waals surface area (Å²) in [4.78, 5) is 26.6. The summed E-state index contributed by atoms with van der Waals surface area (Å²) in [5, 5.41) is 10.5. The number of likely N-dealkylation sites (N-methyl/N-ethyl adjacent to an activating group) is 1. The van der Waals surface area contributed by atoms with Crippen LogP contribution < -0.4 is 5.73 Å². The molecule has 0 aliphatic carbocycles. The lowest BCUT2D eigenvalue weighted by Crippen LogP contribution is -2.37. The summed E-state index contributed by atoms with van der Waals surface area (Å²) in [7, 11) is 1.66. The number of carbonyl (C=O) groups is 1. The fourth-order valence-electron chi connectivity index (χ4n) is 3.44. The highest BCUT2D eigenvalue weighted by atomic mass is 16.3. The molecule has 3 N–H and O–H groups in total. The number of pyridine rings is 1. The van der Waals surface area contributed by atoms with Crippen molar-refractivity contribution in [1.82, 2.24) is 19.9 Å². The molecule has 2 aromatic heterocycles. The van der Waals surface area contributed by atoms with E-state index < -0.39 is 5.60 Å². The molecule has 0 radical (unpaired) electrons. The maximum absolute atomic E-state index is 12.1. The van der Waals surface area contributed by atoms with Crippen LogP contribution in [0.25, 0.3) is 22.3 Å². The van der Waals surface area contributed by atoms with Crippen LogP contribution in [0, 0.1) is 11.8 Å². The molecule has 1 fully saturated rings. The fraction of sp³-hybridized carbons (Fsp3) is 0.273. The maximum atomic E-state index is 12.1. The van der Waals surface area contributed by atoms with E-state index in [9.17, 15) is 9.90 Å². The van der Waals surface area contributed by atoms with E-state index >= 15 is 0 Å². The Morgan fingerprint density at radius 1 is 1.28 bits per heavy atom. The van der Waals surface area contributed by atoms with Crippen LogP contribution in [0.5, 0.6) is 0 Å². The number of hydrogen-bond donors (Lipinski definition) is 2. The molecular weight excluding hydrogens is 366 g/mol. The van der Waals surface area contributed by atoms with Gasteiger partial charge >= 0.3 is 0 Å². The van der Waals surface area contributed by atoms with Gasteiger partial charge in [-0.3, -0.25) is 4.79 Å². The highest BCUT2D eigenvalue weighted by molar-refractivity contribution is 5.91. The van der Waals surface area contributed by atoms with Crippen molar-refractivity contribution < 1.29 is 9.90 Å². The van der Waals surface area contributed by atoms with Crippen molar-refractivity contribution in [2.24, 2.45) is 0 Å². The first-order valence-electron chi connectivity index (χ1n) is 9.43. The van der Waals surface area contributed by atoms with Gasteiger partial charge in [-0.05, 0) is 30.2 Å². The van der Waals surface area contributed by atoms with Crippen LogP contribution >= 0.6 is 0 Å². The van der Waals surface area contributed by atoms with Crippen LogP contribution in [0.1, 0.15) is 24.5 Å². The Morgan fingerprint density at radius 2 is 2.10 bits per heavy atom. The van der Waals surface area contributed by atoms with Gasteiger partial charge in [0.15, 0.2) is 5.82 Å². The molecule has 1 aliphatic heterocycles. The smallest absolute Gasteiger partial charge is 0.267 e. The molecule has 3 aromatic rings. The summed E-state index contributed by atoms with van der Waals surface area (Å²) in [6.45, 7) is 2.55. The molecule has 7 heteroatoms. The van der Waals surface area contributed by atoms with Crippen molar-refractivity contribution in [3.8, 4) is 23.1 Å². The van der Waals surface area contributed by atoms with Crippen molar-refractivity contribution in [2.45, 2.75) is 25.4 Å². The number of anilines is 1. The number of rotatable bonds is 2. The van der Waals surface area contributed by atoms with Gasteiger partial charge in [0.05, 0.1) is 11.2 Å². The molecule has 0 spiro atoms. The molecule has 0 bridgehead atoms. The quantitative estimate of drug-likeness (QED) is 0.650. The Balaban J connectivity index is 1.75. The fourth-order valence-corrected chi connectivity index (χ4v) is 3.44. The van der Waals surface area contributed by atoms with E-state index in [1.54, 1.807) is 7.05 Å². The molecule has 4 rings (SSSR count). The molecular formula is C22H21N5O2. The minimum Gasteiger partial charge on any atom is -0.382 e. The molecule has 1 atom stereocenters. The first-order chi connectivity index (χ1) is 13.9. The van der Waals surface area contributed by atoms with Gasteiger partial charge in [-0.2, -0.15) is 0 Å². The lowest BCUT2D eigenvalue weighted by molar-refractivity contribution is -0.137. The number of likely N-dealkylation sites (tertiary alicyclic amines) is 1. The van der Waals surface area contributed by atoms with E-state index in [0.717, 1.165) is 28.8 Å². The van der Waals surface area contributed by atoms with Crippen molar-refractivity contribution in [3.05, 3.63) is 47.8 Å². The second-order valence-corrected chi connectivity index (χ2v) is 7.14. The van der Waals surface area contributed by atoms with Crippen LogP contribution in [0.4, 0.5) is 5.82 Å². The number of nitrogens with two attached hydrogens (primary N) is 1. The Bertz CT molecular complexity index is 1180. The van der Waals surface area contributed by atoms with Crippen molar-refractivity contribution in [3.63, 3.8) is 0 Å². The molecule has 0 saturated carbocycles. The lowest BCUT2D eigenvalue weighted by Gasteiger charge is -2.13. The molecule has 1 saturated heterocycles. The molecule has 146 valence electrons. The second kappa shape index (κ2) is 7.15. The average molecular weight is 387 g/mol. The number of carbonyl (C=O) groups excluding carboxylic acids is 1. The third-order valence-electron chi connectivity index (χ3n) is 5.16. The predicted octanol–water partition coefficient (Wildman–Crippen LogP) is 1.78. The Morgan fingerprint density at radius 3 is 2.83 bits per heavy atom. The minimum absolute atomic E-state index is 0.306. The SMILES string of the molecule is CCc1cc(-c2cccc(C#C[C@]3(O)CCN(C)C3=O)c2)nc2c(N)ncnc12. The van der Waals surface area contributed by atoms with Gasteiger partial charge in [-0.25, -0.2) is 15.0 Å². The van der Waals surface area contributed by atoms with Crippen molar-refractivity contribution in [1.29, 1.82) is 0 Å². The number of nitrogen functional groups attached to an aromatic ring is 1. The van der Waals surface area contributed by atoms with Gasteiger partial charge in [0.1, 0.15) is 11.8 Å². The average Bonchev–Trinajstić information content (AvgIpc) is 3.00. The van der Waals surface area contributed by atoms with Crippen molar-refractivity contribution >= 4 is 22.8 Å². The number of aryl methyl sites for hydroxylation is 1. The van der Waals surface area contributed by atoms with Gasteiger partial charge in [0, 0.05) is 31.1 Å². The first-order valence-corrected chi connectivity index (χ1v) is 9.43. The summed E-state index contributed by atoms with van der Waals surface area (Å²) < 4.78 is 0. The predicted molar refractivity (Wildman–Crippen MR) is 111 cm³/mol. The number of nitrogens with zero attached hydrogens (tertiary/aromatic N) is 4. The lowest BCUT2D eigenvalue weighted by atomic mass is 10.0. The molecule has 29 heavy (non-hydrogen) atoms. The van der Waals surface area contributed by atoms with E-state index in [2.05, 4.69) is 33.7 Å². The Hall–Kier alpha value is -3.50. The van der Waals surface area contributed by atoms with E-state index in [-0.39, 0.29) is 5.91 Å². The van der Waals surface area contributed by atoms with E-state index in [0.29, 0.717) is 29.9 Å². The third kappa shape index (κ3) is 3.39. The Kier molecular flexibility index (Phi) is 4.65. The van der Waals surface area contributed by atoms with Crippen LogP contribution in [0.2, 0.25) is 0 Å². The van der Waals surface area contributed by atoms with E-state index in [1.165, 1.54) is 11.2 Å². The molecule has 0 unspecified atom stereocenters. The Labute approximate surface area is 168 Å². The number of aromatic nitrogens is 3. The standard InChI is InChI=1S/C22H21N5O2/c1-3-15-12-17(26-19-18(15)24-13-25-20(19)23)16-6-4-5-14(11-16)7-8-22(29)9-10-27(2)21(22)28/h4-6,11-13,29H,3,9-10H2,1-2H3,(H2,23,24,25)/t22-/m0/s1. The molecule has 1 amide bonds. The monoisotopic (exact) mass is 387 g/mol. The normalized spacial score (nSPS) is 18.7. The summed E-state index contributed by atoms with van der Waals surface area (Å²) in [5.74, 6) is 5.67. The topological polar surface area (TPSA) is 105 Å².